The molecule has 0 radical (unpaired) electrons. The molecule has 0 spiro atoms. The number of halogens is 1. The van der Waals surface area contributed by atoms with Crippen molar-refractivity contribution in [1.29, 1.82) is 0 Å². The molecule has 1 aliphatic heterocycles. The molecule has 0 bridgehead atoms. The van der Waals surface area contributed by atoms with E-state index in [0.717, 1.165) is 30.5 Å². The molecule has 1 saturated heterocycles. The lowest BCUT2D eigenvalue weighted by Gasteiger charge is -2.21. The van der Waals surface area contributed by atoms with E-state index < -0.39 is 0 Å². The minimum Gasteiger partial charge on any atom is -0.381 e. The molecule has 2 unspecified atom stereocenters. The molecule has 1 aromatic carbocycles. The SMILES string of the molecule is NNC(Cc1ccc(Br)cc1)C1CCOC1. The molecule has 1 aliphatic rings. The van der Waals surface area contributed by atoms with Crippen LogP contribution in [-0.2, 0) is 11.2 Å². The third kappa shape index (κ3) is 3.04. The summed E-state index contributed by atoms with van der Waals surface area (Å²) in [5.74, 6) is 6.15. The predicted octanol–water partition coefficient (Wildman–Crippen LogP) is 1.86. The maximum atomic E-state index is 5.62. The maximum absolute atomic E-state index is 5.62. The molecule has 1 fully saturated rings. The summed E-state index contributed by atoms with van der Waals surface area (Å²) in [6, 6.07) is 8.69. The van der Waals surface area contributed by atoms with Crippen molar-refractivity contribution in [2.75, 3.05) is 13.2 Å². The van der Waals surface area contributed by atoms with Crippen LogP contribution in [0.25, 0.3) is 0 Å². The van der Waals surface area contributed by atoms with Crippen LogP contribution in [0.3, 0.4) is 0 Å². The van der Waals surface area contributed by atoms with Gasteiger partial charge in [-0.1, -0.05) is 28.1 Å². The zero-order valence-corrected chi connectivity index (χ0v) is 10.7. The fraction of sp³-hybridized carbons (Fsp3) is 0.500. The Balaban J connectivity index is 1.97. The van der Waals surface area contributed by atoms with Crippen molar-refractivity contribution < 1.29 is 4.74 Å². The molecule has 3 nitrogen and oxygen atoms in total. The van der Waals surface area contributed by atoms with Gasteiger partial charge in [-0.05, 0) is 30.5 Å². The average molecular weight is 285 g/mol. The van der Waals surface area contributed by atoms with Crippen molar-refractivity contribution in [3.05, 3.63) is 34.3 Å². The third-order valence-corrected chi connectivity index (χ3v) is 3.65. The Morgan fingerprint density at radius 1 is 1.44 bits per heavy atom. The highest BCUT2D eigenvalue weighted by molar-refractivity contribution is 9.10. The molecule has 0 aromatic heterocycles. The monoisotopic (exact) mass is 284 g/mol. The van der Waals surface area contributed by atoms with E-state index in [1.807, 2.05) is 0 Å². The first kappa shape index (κ1) is 12.0. The zero-order valence-electron chi connectivity index (χ0n) is 9.16. The van der Waals surface area contributed by atoms with Gasteiger partial charge in [0.05, 0.1) is 6.61 Å². The third-order valence-electron chi connectivity index (χ3n) is 3.12. The fourth-order valence-electron chi connectivity index (χ4n) is 2.11. The summed E-state index contributed by atoms with van der Waals surface area (Å²) in [6.45, 7) is 1.69. The maximum Gasteiger partial charge on any atom is 0.0510 e. The summed E-state index contributed by atoms with van der Waals surface area (Å²) in [5, 5.41) is 0. The summed E-state index contributed by atoms with van der Waals surface area (Å²) in [6.07, 6.45) is 2.06. The van der Waals surface area contributed by atoms with Crippen LogP contribution >= 0.6 is 15.9 Å². The Kier molecular flexibility index (Phi) is 4.35. The van der Waals surface area contributed by atoms with Crippen LogP contribution in [0.15, 0.2) is 28.7 Å². The molecule has 2 rings (SSSR count). The van der Waals surface area contributed by atoms with Crippen LogP contribution in [0.5, 0.6) is 0 Å². The van der Waals surface area contributed by atoms with Crippen molar-refractivity contribution in [3.63, 3.8) is 0 Å². The van der Waals surface area contributed by atoms with Gasteiger partial charge < -0.3 is 4.74 Å². The van der Waals surface area contributed by atoms with E-state index in [1.165, 1.54) is 5.56 Å². The van der Waals surface area contributed by atoms with Crippen molar-refractivity contribution in [2.45, 2.75) is 18.9 Å². The van der Waals surface area contributed by atoms with Gasteiger partial charge in [0, 0.05) is 23.0 Å². The van der Waals surface area contributed by atoms with E-state index >= 15 is 0 Å². The highest BCUT2D eigenvalue weighted by Gasteiger charge is 2.24. The van der Waals surface area contributed by atoms with Crippen LogP contribution in [0, 0.1) is 5.92 Å². The van der Waals surface area contributed by atoms with E-state index in [4.69, 9.17) is 10.6 Å². The first-order valence-corrected chi connectivity index (χ1v) is 6.37. The van der Waals surface area contributed by atoms with Crippen LogP contribution in [0.2, 0.25) is 0 Å². The standard InChI is InChI=1S/C12H17BrN2O/c13-11-3-1-9(2-4-11)7-12(15-14)10-5-6-16-8-10/h1-4,10,12,15H,5-8,14H2. The molecule has 0 amide bonds. The topological polar surface area (TPSA) is 47.3 Å². The number of nitrogens with one attached hydrogen (secondary N) is 1. The highest BCUT2D eigenvalue weighted by Crippen LogP contribution is 2.20. The highest BCUT2D eigenvalue weighted by atomic mass is 79.9. The van der Waals surface area contributed by atoms with Gasteiger partial charge >= 0.3 is 0 Å². The van der Waals surface area contributed by atoms with Crippen LogP contribution in [0.1, 0.15) is 12.0 Å². The lowest BCUT2D eigenvalue weighted by Crippen LogP contribution is -2.42. The molecular formula is C12H17BrN2O. The van der Waals surface area contributed by atoms with Gasteiger partial charge in [-0.25, -0.2) is 0 Å². The molecule has 3 N–H and O–H groups in total. The van der Waals surface area contributed by atoms with E-state index in [-0.39, 0.29) is 0 Å². The molecule has 16 heavy (non-hydrogen) atoms. The molecule has 0 saturated carbocycles. The first-order chi connectivity index (χ1) is 7.79. The minimum absolute atomic E-state index is 0.309. The van der Waals surface area contributed by atoms with E-state index in [9.17, 15) is 0 Å². The predicted molar refractivity (Wildman–Crippen MR) is 67.9 cm³/mol. The fourth-order valence-corrected chi connectivity index (χ4v) is 2.37. The molecule has 4 heteroatoms. The summed E-state index contributed by atoms with van der Waals surface area (Å²) in [5.41, 5.74) is 4.22. The Morgan fingerprint density at radius 3 is 2.75 bits per heavy atom. The zero-order chi connectivity index (χ0) is 11.4. The number of ether oxygens (including phenoxy) is 1. The number of hydrazine groups is 1. The largest absolute Gasteiger partial charge is 0.381 e. The molecular weight excluding hydrogens is 268 g/mol. The van der Waals surface area contributed by atoms with Crippen LogP contribution in [-0.4, -0.2) is 19.3 Å². The molecule has 88 valence electrons. The lowest BCUT2D eigenvalue weighted by molar-refractivity contribution is 0.176. The van der Waals surface area contributed by atoms with Gasteiger partial charge in [-0.2, -0.15) is 0 Å². The number of hydrogen-bond donors (Lipinski definition) is 2. The first-order valence-electron chi connectivity index (χ1n) is 5.58. The van der Waals surface area contributed by atoms with E-state index in [1.54, 1.807) is 0 Å². The van der Waals surface area contributed by atoms with Gasteiger partial charge in [-0.3, -0.25) is 11.3 Å². The summed E-state index contributed by atoms with van der Waals surface area (Å²) < 4.78 is 6.50. The summed E-state index contributed by atoms with van der Waals surface area (Å²) in [4.78, 5) is 0. The Morgan fingerprint density at radius 2 is 2.19 bits per heavy atom. The van der Waals surface area contributed by atoms with Gasteiger partial charge in [0.15, 0.2) is 0 Å². The van der Waals surface area contributed by atoms with Crippen molar-refractivity contribution in [3.8, 4) is 0 Å². The number of rotatable bonds is 4. The van der Waals surface area contributed by atoms with Gasteiger partial charge in [0.1, 0.15) is 0 Å². The number of hydrogen-bond acceptors (Lipinski definition) is 3. The molecule has 2 atom stereocenters. The average Bonchev–Trinajstić information content (AvgIpc) is 2.82. The van der Waals surface area contributed by atoms with Gasteiger partial charge in [0.25, 0.3) is 0 Å². The summed E-state index contributed by atoms with van der Waals surface area (Å²) in [7, 11) is 0. The second kappa shape index (κ2) is 5.77. The minimum atomic E-state index is 0.309. The van der Waals surface area contributed by atoms with Gasteiger partial charge in [0.2, 0.25) is 0 Å². The molecule has 1 aromatic rings. The summed E-state index contributed by atoms with van der Waals surface area (Å²) >= 11 is 3.43. The number of benzene rings is 1. The normalized spacial score (nSPS) is 22.2. The van der Waals surface area contributed by atoms with Crippen LogP contribution in [0.4, 0.5) is 0 Å². The van der Waals surface area contributed by atoms with Crippen molar-refractivity contribution in [2.24, 2.45) is 11.8 Å². The Bertz CT molecular complexity index is 322. The van der Waals surface area contributed by atoms with Crippen molar-refractivity contribution in [1.82, 2.24) is 5.43 Å². The smallest absolute Gasteiger partial charge is 0.0510 e. The van der Waals surface area contributed by atoms with Crippen molar-refractivity contribution >= 4 is 15.9 Å². The second-order valence-corrected chi connectivity index (χ2v) is 5.14. The molecule has 0 aliphatic carbocycles. The lowest BCUT2D eigenvalue weighted by atomic mass is 9.93. The number of nitrogens with two attached hydrogens (primary N) is 1. The van der Waals surface area contributed by atoms with Crippen LogP contribution < -0.4 is 11.3 Å². The molecule has 1 heterocycles. The Labute approximate surface area is 104 Å². The Hall–Kier alpha value is -0.420. The van der Waals surface area contributed by atoms with Gasteiger partial charge in [-0.15, -0.1) is 0 Å². The second-order valence-electron chi connectivity index (χ2n) is 4.23. The van der Waals surface area contributed by atoms with E-state index in [2.05, 4.69) is 45.6 Å². The quantitative estimate of drug-likeness (QED) is 0.655. The van der Waals surface area contributed by atoms with E-state index in [0.29, 0.717) is 12.0 Å².